The van der Waals surface area contributed by atoms with Gasteiger partial charge in [-0.25, -0.2) is 0 Å². The molecular formula is C6H13P. The standard InChI is InChI=1S/C6H13P/c1-5-6-7(2,3)4/h7H,1-4H3. The van der Waals surface area contributed by atoms with Crippen LogP contribution < -0.4 is 0 Å². The normalized spacial score (nSPS) is 12.0. The van der Waals surface area contributed by atoms with Crippen LogP contribution in [0.25, 0.3) is 0 Å². The van der Waals surface area contributed by atoms with Gasteiger partial charge in [0.25, 0.3) is 0 Å². The summed E-state index contributed by atoms with van der Waals surface area (Å²) in [5.74, 6) is 2.92. The summed E-state index contributed by atoms with van der Waals surface area (Å²) in [6, 6.07) is 0. The molecule has 7 heavy (non-hydrogen) atoms. The summed E-state index contributed by atoms with van der Waals surface area (Å²) in [6.45, 7) is 8.62. The number of rotatable bonds is 0. The van der Waals surface area contributed by atoms with Crippen molar-refractivity contribution in [1.82, 2.24) is 0 Å². The molecule has 0 aliphatic rings. The second-order valence-corrected chi connectivity index (χ2v) is 7.38. The Balaban J connectivity index is 3.72. The molecule has 0 rings (SSSR count). The Labute approximate surface area is 46.6 Å². The van der Waals surface area contributed by atoms with Crippen molar-refractivity contribution < 1.29 is 0 Å². The molecule has 42 valence electrons. The summed E-state index contributed by atoms with van der Waals surface area (Å²) in [5, 5.41) is 0. The van der Waals surface area contributed by atoms with Crippen LogP contribution in [-0.2, 0) is 0 Å². The Hall–Kier alpha value is -0.0100. The maximum absolute atomic E-state index is 3.17. The molecule has 0 radical (unpaired) electrons. The van der Waals surface area contributed by atoms with Gasteiger partial charge in [0.1, 0.15) is 0 Å². The molecule has 0 atom stereocenters. The first-order chi connectivity index (χ1) is 3.06. The minimum atomic E-state index is -1.02. The van der Waals surface area contributed by atoms with Gasteiger partial charge in [-0.1, -0.05) is 0 Å². The van der Waals surface area contributed by atoms with E-state index in [1.807, 2.05) is 6.92 Å². The Morgan fingerprint density at radius 1 is 1.14 bits per heavy atom. The molecule has 0 spiro atoms. The minimum absolute atomic E-state index is 1.02. The Morgan fingerprint density at radius 3 is 1.57 bits per heavy atom. The van der Waals surface area contributed by atoms with Crippen molar-refractivity contribution in [1.29, 1.82) is 0 Å². The van der Waals surface area contributed by atoms with Gasteiger partial charge in [-0.05, 0) is 0 Å². The fourth-order valence-electron chi connectivity index (χ4n) is 0.375. The summed E-state index contributed by atoms with van der Waals surface area (Å²) in [5.41, 5.74) is 3.17. The third-order valence-electron chi connectivity index (χ3n) is 0.500. The van der Waals surface area contributed by atoms with Gasteiger partial charge in [0.15, 0.2) is 0 Å². The molecule has 0 saturated carbocycles. The molecule has 0 bridgehead atoms. The maximum atomic E-state index is 3.17. The van der Waals surface area contributed by atoms with Crippen LogP contribution >= 0.6 is 7.26 Å². The van der Waals surface area contributed by atoms with Gasteiger partial charge >= 0.3 is 45.8 Å². The van der Waals surface area contributed by atoms with Gasteiger partial charge in [-0.2, -0.15) is 0 Å². The summed E-state index contributed by atoms with van der Waals surface area (Å²) in [4.78, 5) is 0. The van der Waals surface area contributed by atoms with E-state index < -0.39 is 7.26 Å². The van der Waals surface area contributed by atoms with E-state index in [2.05, 4.69) is 31.6 Å². The number of hydrogen-bond acceptors (Lipinski definition) is 0. The van der Waals surface area contributed by atoms with Crippen LogP contribution in [0.5, 0.6) is 0 Å². The SMILES string of the molecule is CC#C[PH](C)(C)C. The van der Waals surface area contributed by atoms with Crippen LogP contribution in [0.15, 0.2) is 0 Å². The molecule has 0 N–H and O–H groups in total. The van der Waals surface area contributed by atoms with Gasteiger partial charge in [0.05, 0.1) is 0 Å². The van der Waals surface area contributed by atoms with Crippen LogP contribution in [0.1, 0.15) is 6.92 Å². The van der Waals surface area contributed by atoms with Crippen LogP contribution in [0.3, 0.4) is 0 Å². The summed E-state index contributed by atoms with van der Waals surface area (Å²) in [6.07, 6.45) is 0. The predicted molar refractivity (Wildman–Crippen MR) is 39.5 cm³/mol. The van der Waals surface area contributed by atoms with E-state index in [-0.39, 0.29) is 0 Å². The third-order valence-corrected chi connectivity index (χ3v) is 1.50. The van der Waals surface area contributed by atoms with Crippen LogP contribution in [0, 0.1) is 11.6 Å². The Morgan fingerprint density at radius 2 is 1.57 bits per heavy atom. The van der Waals surface area contributed by atoms with Crippen molar-refractivity contribution in [2.45, 2.75) is 6.92 Å². The van der Waals surface area contributed by atoms with Crippen molar-refractivity contribution in [3.63, 3.8) is 0 Å². The molecule has 0 unspecified atom stereocenters. The van der Waals surface area contributed by atoms with Crippen molar-refractivity contribution >= 4 is 7.26 Å². The summed E-state index contributed by atoms with van der Waals surface area (Å²) in [7, 11) is -1.02. The fraction of sp³-hybridized carbons (Fsp3) is 0.667. The van der Waals surface area contributed by atoms with Gasteiger partial charge in [-0.15, -0.1) is 0 Å². The molecule has 0 saturated heterocycles. The Bertz CT molecular complexity index is 97.6. The van der Waals surface area contributed by atoms with Crippen LogP contribution in [-0.4, -0.2) is 20.0 Å². The van der Waals surface area contributed by atoms with E-state index in [0.29, 0.717) is 0 Å². The van der Waals surface area contributed by atoms with E-state index in [0.717, 1.165) is 0 Å². The van der Waals surface area contributed by atoms with Crippen molar-refractivity contribution in [3.8, 4) is 11.6 Å². The number of hydrogen-bond donors (Lipinski definition) is 0. The van der Waals surface area contributed by atoms with Crippen molar-refractivity contribution in [3.05, 3.63) is 0 Å². The van der Waals surface area contributed by atoms with E-state index in [4.69, 9.17) is 0 Å². The third kappa shape index (κ3) is 5.99. The van der Waals surface area contributed by atoms with Gasteiger partial charge in [0.2, 0.25) is 0 Å². The molecule has 0 aliphatic heterocycles. The van der Waals surface area contributed by atoms with Gasteiger partial charge in [0, 0.05) is 0 Å². The quantitative estimate of drug-likeness (QED) is 0.333. The molecule has 0 amide bonds. The average molecular weight is 116 g/mol. The first-order valence-corrected chi connectivity index (χ1v) is 6.00. The monoisotopic (exact) mass is 116 g/mol. The van der Waals surface area contributed by atoms with E-state index in [1.54, 1.807) is 0 Å². The van der Waals surface area contributed by atoms with Crippen molar-refractivity contribution in [2.75, 3.05) is 20.0 Å². The van der Waals surface area contributed by atoms with Gasteiger partial charge in [-0.3, -0.25) is 0 Å². The molecule has 0 aromatic carbocycles. The summed E-state index contributed by atoms with van der Waals surface area (Å²) >= 11 is 0. The molecule has 0 aromatic heterocycles. The topological polar surface area (TPSA) is 0 Å². The Kier molecular flexibility index (Phi) is 2.33. The first-order valence-electron chi connectivity index (χ1n) is 2.50. The zero-order valence-electron chi connectivity index (χ0n) is 5.50. The molecule has 0 heterocycles. The molecule has 0 aliphatic carbocycles. The van der Waals surface area contributed by atoms with Crippen LogP contribution in [0.4, 0.5) is 0 Å². The zero-order chi connectivity index (χ0) is 5.91. The molecule has 0 nitrogen and oxygen atoms in total. The van der Waals surface area contributed by atoms with Crippen LogP contribution in [0.2, 0.25) is 0 Å². The molecule has 1 heteroatoms. The second-order valence-electron chi connectivity index (χ2n) is 2.62. The summed E-state index contributed by atoms with van der Waals surface area (Å²) < 4.78 is 0. The van der Waals surface area contributed by atoms with E-state index >= 15 is 0 Å². The second kappa shape index (κ2) is 2.34. The van der Waals surface area contributed by atoms with E-state index in [1.165, 1.54) is 0 Å². The predicted octanol–water partition coefficient (Wildman–Crippen LogP) is 1.61. The fourth-order valence-corrected chi connectivity index (χ4v) is 1.12. The first kappa shape index (κ1) is 6.99. The zero-order valence-corrected chi connectivity index (χ0v) is 6.50. The molecular weight excluding hydrogens is 103 g/mol. The van der Waals surface area contributed by atoms with Gasteiger partial charge < -0.3 is 0 Å². The van der Waals surface area contributed by atoms with E-state index in [9.17, 15) is 0 Å². The molecule has 0 fully saturated rings. The average Bonchev–Trinajstić information content (AvgIpc) is 1.30. The molecule has 0 aromatic rings. The van der Waals surface area contributed by atoms with Crippen molar-refractivity contribution in [2.24, 2.45) is 0 Å².